The van der Waals surface area contributed by atoms with Crippen LogP contribution in [0.4, 0.5) is 0 Å². The Morgan fingerprint density at radius 1 is 1.33 bits per heavy atom. The van der Waals surface area contributed by atoms with Gasteiger partial charge in [-0.1, -0.05) is 30.3 Å². The molecule has 0 saturated heterocycles. The first-order valence-corrected chi connectivity index (χ1v) is 8.13. The summed E-state index contributed by atoms with van der Waals surface area (Å²) in [5, 5.41) is 7.75. The van der Waals surface area contributed by atoms with Gasteiger partial charge in [0.1, 0.15) is 0 Å². The van der Waals surface area contributed by atoms with Crippen molar-refractivity contribution >= 4 is 5.96 Å². The molecule has 1 aromatic heterocycles. The van der Waals surface area contributed by atoms with Gasteiger partial charge in [-0.3, -0.25) is 4.68 Å². The Kier molecular flexibility index (Phi) is 6.37. The van der Waals surface area contributed by atoms with E-state index < -0.39 is 0 Å². The predicted molar refractivity (Wildman–Crippen MR) is 97.0 cm³/mol. The molecule has 6 heteroatoms. The Hall–Kier alpha value is -2.34. The van der Waals surface area contributed by atoms with Crippen LogP contribution in [0.2, 0.25) is 0 Å². The number of nitrogens with two attached hydrogens (primary N) is 1. The van der Waals surface area contributed by atoms with Gasteiger partial charge < -0.3 is 15.8 Å². The van der Waals surface area contributed by atoms with Crippen LogP contribution in [0.15, 0.2) is 35.3 Å². The Labute approximate surface area is 143 Å². The molecule has 0 aliphatic carbocycles. The number of aliphatic imine (C=N–C) groups is 1. The summed E-state index contributed by atoms with van der Waals surface area (Å²) in [5.41, 5.74) is 10.4. The molecule has 2 aromatic rings. The Balaban J connectivity index is 2.06. The highest BCUT2D eigenvalue weighted by atomic mass is 16.5. The van der Waals surface area contributed by atoms with E-state index in [0.717, 1.165) is 23.5 Å². The molecule has 0 spiro atoms. The summed E-state index contributed by atoms with van der Waals surface area (Å²) in [7, 11) is 1.67. The lowest BCUT2D eigenvalue weighted by atomic mass is 10.2. The fourth-order valence-corrected chi connectivity index (χ4v) is 2.63. The zero-order chi connectivity index (χ0) is 17.5. The number of methoxy groups -OCH3 is 1. The molecule has 2 rings (SSSR count). The van der Waals surface area contributed by atoms with Gasteiger partial charge in [0.05, 0.1) is 25.4 Å². The maximum Gasteiger partial charge on any atom is 0.189 e. The fraction of sp³-hybridized carbons (Fsp3) is 0.444. The minimum absolute atomic E-state index is 0.127. The molecule has 0 saturated carbocycles. The molecule has 1 heterocycles. The SMILES string of the molecule is COCC(C)NC(N)=NCc1c(C)nn(Cc2ccccc2)c1C. The third-order valence-electron chi connectivity index (χ3n) is 3.92. The summed E-state index contributed by atoms with van der Waals surface area (Å²) in [4.78, 5) is 4.43. The number of guanidine groups is 1. The van der Waals surface area contributed by atoms with Crippen LogP contribution in [0.3, 0.4) is 0 Å². The number of rotatable bonds is 7. The van der Waals surface area contributed by atoms with E-state index >= 15 is 0 Å². The van der Waals surface area contributed by atoms with Crippen molar-refractivity contribution < 1.29 is 4.74 Å². The molecule has 24 heavy (non-hydrogen) atoms. The van der Waals surface area contributed by atoms with Gasteiger partial charge in [0.25, 0.3) is 0 Å². The van der Waals surface area contributed by atoms with Gasteiger partial charge in [0, 0.05) is 24.4 Å². The van der Waals surface area contributed by atoms with Crippen molar-refractivity contribution in [1.82, 2.24) is 15.1 Å². The van der Waals surface area contributed by atoms with Gasteiger partial charge in [-0.2, -0.15) is 5.10 Å². The molecule has 0 radical (unpaired) electrons. The minimum Gasteiger partial charge on any atom is -0.383 e. The van der Waals surface area contributed by atoms with Crippen molar-refractivity contribution in [3.05, 3.63) is 52.8 Å². The van der Waals surface area contributed by atoms with E-state index in [4.69, 9.17) is 10.5 Å². The van der Waals surface area contributed by atoms with Gasteiger partial charge in [0.15, 0.2) is 5.96 Å². The molecule has 1 atom stereocenters. The van der Waals surface area contributed by atoms with Crippen LogP contribution in [0.5, 0.6) is 0 Å². The summed E-state index contributed by atoms with van der Waals surface area (Å²) >= 11 is 0. The second-order valence-corrected chi connectivity index (χ2v) is 5.99. The van der Waals surface area contributed by atoms with Crippen LogP contribution in [-0.2, 0) is 17.8 Å². The van der Waals surface area contributed by atoms with Crippen molar-refractivity contribution in [3.8, 4) is 0 Å². The Bertz CT molecular complexity index is 678. The molecule has 6 nitrogen and oxygen atoms in total. The third-order valence-corrected chi connectivity index (χ3v) is 3.92. The molecule has 0 fully saturated rings. The monoisotopic (exact) mass is 329 g/mol. The lowest BCUT2D eigenvalue weighted by Gasteiger charge is -2.13. The van der Waals surface area contributed by atoms with E-state index in [-0.39, 0.29) is 6.04 Å². The molecular formula is C18H27N5O. The minimum atomic E-state index is 0.127. The number of nitrogens with one attached hydrogen (secondary N) is 1. The van der Waals surface area contributed by atoms with E-state index in [1.807, 2.05) is 36.7 Å². The maximum atomic E-state index is 5.94. The average Bonchev–Trinajstić information content (AvgIpc) is 2.80. The van der Waals surface area contributed by atoms with Gasteiger partial charge in [-0.15, -0.1) is 0 Å². The maximum absolute atomic E-state index is 5.94. The summed E-state index contributed by atoms with van der Waals surface area (Å²) in [6.07, 6.45) is 0. The first-order chi connectivity index (χ1) is 11.5. The number of aromatic nitrogens is 2. The van der Waals surface area contributed by atoms with Crippen molar-refractivity contribution in [2.45, 2.75) is 39.9 Å². The molecule has 1 aromatic carbocycles. The summed E-state index contributed by atoms with van der Waals surface area (Å²) in [5.74, 6) is 0.425. The number of hydrogen-bond acceptors (Lipinski definition) is 3. The quantitative estimate of drug-likeness (QED) is 0.601. The first-order valence-electron chi connectivity index (χ1n) is 8.13. The van der Waals surface area contributed by atoms with Gasteiger partial charge in [-0.05, 0) is 26.3 Å². The third kappa shape index (κ3) is 4.83. The van der Waals surface area contributed by atoms with Gasteiger partial charge in [0.2, 0.25) is 0 Å². The molecule has 0 aliphatic heterocycles. The normalized spacial score (nSPS) is 13.1. The van der Waals surface area contributed by atoms with Gasteiger partial charge in [-0.25, -0.2) is 4.99 Å². The highest BCUT2D eigenvalue weighted by molar-refractivity contribution is 5.78. The van der Waals surface area contributed by atoms with E-state index in [2.05, 4.69) is 34.5 Å². The van der Waals surface area contributed by atoms with E-state index in [0.29, 0.717) is 19.1 Å². The number of nitrogens with zero attached hydrogens (tertiary/aromatic N) is 3. The van der Waals surface area contributed by atoms with Crippen molar-refractivity contribution in [2.75, 3.05) is 13.7 Å². The highest BCUT2D eigenvalue weighted by Crippen LogP contribution is 2.15. The smallest absolute Gasteiger partial charge is 0.189 e. The average molecular weight is 329 g/mol. The first kappa shape index (κ1) is 18.0. The van der Waals surface area contributed by atoms with Crippen molar-refractivity contribution in [1.29, 1.82) is 0 Å². The van der Waals surface area contributed by atoms with E-state index in [1.165, 1.54) is 5.56 Å². The second-order valence-electron chi connectivity index (χ2n) is 5.99. The summed E-state index contributed by atoms with van der Waals surface area (Å²) < 4.78 is 7.10. The van der Waals surface area contributed by atoms with Crippen molar-refractivity contribution in [2.24, 2.45) is 10.7 Å². The van der Waals surface area contributed by atoms with Crippen LogP contribution in [0.1, 0.15) is 29.4 Å². The summed E-state index contributed by atoms with van der Waals surface area (Å²) in [6, 6.07) is 10.4. The lowest BCUT2D eigenvalue weighted by molar-refractivity contribution is 0.179. The van der Waals surface area contributed by atoms with Crippen molar-refractivity contribution in [3.63, 3.8) is 0 Å². The number of aryl methyl sites for hydroxylation is 1. The van der Waals surface area contributed by atoms with Crippen LogP contribution in [-0.4, -0.2) is 35.5 Å². The standard InChI is InChI=1S/C18H27N5O/c1-13(12-24-4)21-18(19)20-10-17-14(2)22-23(15(17)3)11-16-8-6-5-7-9-16/h5-9,13H,10-12H2,1-4H3,(H3,19,20,21). The number of hydrogen-bond donors (Lipinski definition) is 2. The topological polar surface area (TPSA) is 77.5 Å². The van der Waals surface area contributed by atoms with E-state index in [1.54, 1.807) is 7.11 Å². The zero-order valence-electron chi connectivity index (χ0n) is 14.9. The van der Waals surface area contributed by atoms with Crippen LogP contribution in [0.25, 0.3) is 0 Å². The zero-order valence-corrected chi connectivity index (χ0v) is 14.9. The van der Waals surface area contributed by atoms with Crippen LogP contribution >= 0.6 is 0 Å². The largest absolute Gasteiger partial charge is 0.383 e. The number of ether oxygens (including phenoxy) is 1. The Morgan fingerprint density at radius 3 is 2.71 bits per heavy atom. The second kappa shape index (κ2) is 8.49. The molecule has 0 amide bonds. The predicted octanol–water partition coefficient (Wildman–Crippen LogP) is 1.99. The highest BCUT2D eigenvalue weighted by Gasteiger charge is 2.11. The van der Waals surface area contributed by atoms with Gasteiger partial charge >= 0.3 is 0 Å². The molecule has 0 aliphatic rings. The fourth-order valence-electron chi connectivity index (χ4n) is 2.63. The lowest BCUT2D eigenvalue weighted by Crippen LogP contribution is -2.40. The molecule has 130 valence electrons. The number of benzene rings is 1. The molecule has 0 bridgehead atoms. The Morgan fingerprint density at radius 2 is 2.04 bits per heavy atom. The van der Waals surface area contributed by atoms with Crippen LogP contribution in [0, 0.1) is 13.8 Å². The molecular weight excluding hydrogens is 302 g/mol. The van der Waals surface area contributed by atoms with E-state index in [9.17, 15) is 0 Å². The summed E-state index contributed by atoms with van der Waals surface area (Å²) in [6.45, 7) is 7.95. The molecule has 3 N–H and O–H groups in total. The van der Waals surface area contributed by atoms with Crippen LogP contribution < -0.4 is 11.1 Å². The molecule has 1 unspecified atom stereocenters.